The zero-order chi connectivity index (χ0) is 20.4. The molecule has 0 spiro atoms. The third kappa shape index (κ3) is 4.90. The molecule has 9 nitrogen and oxygen atoms in total. The van der Waals surface area contributed by atoms with Crippen LogP contribution >= 0.6 is 0 Å². The van der Waals surface area contributed by atoms with Gasteiger partial charge in [-0.2, -0.15) is 4.98 Å². The lowest BCUT2D eigenvalue weighted by Gasteiger charge is -2.16. The lowest BCUT2D eigenvalue weighted by molar-refractivity contribution is -0.146. The van der Waals surface area contributed by atoms with E-state index >= 15 is 0 Å². The molecule has 2 rings (SSSR count). The van der Waals surface area contributed by atoms with Crippen LogP contribution in [-0.4, -0.2) is 44.7 Å². The van der Waals surface area contributed by atoms with Gasteiger partial charge in [0.2, 0.25) is 5.95 Å². The van der Waals surface area contributed by atoms with Crippen LogP contribution < -0.4 is 5.73 Å². The number of fused-ring (bicyclic) bond motifs is 1. The number of imidazole rings is 1. The Balaban J connectivity index is 2.44. The third-order valence-electron chi connectivity index (χ3n) is 2.67. The van der Waals surface area contributed by atoms with Crippen LogP contribution in [0.3, 0.4) is 0 Å². The second kappa shape index (κ2) is 7.52. The van der Waals surface area contributed by atoms with E-state index in [0.717, 1.165) is 24.7 Å². The number of nitrogen functional groups attached to an aromatic ring is 1. The van der Waals surface area contributed by atoms with Crippen molar-refractivity contribution in [3.05, 3.63) is 12.5 Å². The molecule has 0 fully saturated rings. The van der Waals surface area contributed by atoms with Gasteiger partial charge < -0.3 is 19.8 Å². The second-order valence-electron chi connectivity index (χ2n) is 4.61. The number of hydrogen-bond donors (Lipinski definition) is 1. The fourth-order valence-electron chi connectivity index (χ4n) is 1.63. The van der Waals surface area contributed by atoms with Gasteiger partial charge in [0.25, 0.3) is 0 Å². The summed E-state index contributed by atoms with van der Waals surface area (Å²) < 4.78 is 44.0. The summed E-state index contributed by atoms with van der Waals surface area (Å²) in [6, 6.07) is 0. The molecule has 0 unspecified atom stereocenters. The fraction of sp³-hybridized carbons (Fsp3) is 0.500. The summed E-state index contributed by atoms with van der Waals surface area (Å²) in [5, 5.41) is 0. The molecule has 0 bridgehead atoms. The zero-order valence-corrected chi connectivity index (χ0v) is 12.6. The highest BCUT2D eigenvalue weighted by molar-refractivity contribution is 5.70. The number of esters is 2. The molecule has 0 radical (unpaired) electrons. The molecule has 2 aromatic heterocycles. The second-order valence-corrected chi connectivity index (χ2v) is 4.61. The Bertz CT molecular complexity index is 839. The molecule has 9 heteroatoms. The van der Waals surface area contributed by atoms with Crippen LogP contribution in [-0.2, 0) is 25.6 Å². The molecule has 2 heterocycles. The van der Waals surface area contributed by atoms with Crippen LogP contribution in [0.15, 0.2) is 12.5 Å². The Morgan fingerprint density at radius 1 is 1.30 bits per heavy atom. The number of carbonyl (C=O) groups excluding carboxylic acids is 2. The molecule has 0 amide bonds. The first-order valence-electron chi connectivity index (χ1n) is 8.69. The van der Waals surface area contributed by atoms with Gasteiger partial charge in [-0.3, -0.25) is 9.59 Å². The van der Waals surface area contributed by atoms with Crippen LogP contribution in [0, 0.1) is 5.92 Å². The molecular formula is C14H19N5O4. The molecule has 0 aliphatic rings. The average molecular weight is 325 g/mol. The van der Waals surface area contributed by atoms with Crippen LogP contribution in [0.1, 0.15) is 25.7 Å². The first-order valence-corrected chi connectivity index (χ1v) is 6.69. The minimum atomic E-state index is -2.70. The van der Waals surface area contributed by atoms with Crippen molar-refractivity contribution in [2.75, 3.05) is 18.9 Å². The maximum Gasteiger partial charge on any atom is 0.302 e. The molecule has 2 N–H and O–H groups in total. The average Bonchev–Trinajstić information content (AvgIpc) is 2.97. The highest BCUT2D eigenvalue weighted by Crippen LogP contribution is 2.13. The fourth-order valence-corrected chi connectivity index (χ4v) is 1.63. The Hall–Kier alpha value is -2.71. The van der Waals surface area contributed by atoms with E-state index < -0.39 is 43.9 Å². The van der Waals surface area contributed by atoms with Gasteiger partial charge in [0.15, 0.2) is 5.65 Å². The van der Waals surface area contributed by atoms with Crippen LogP contribution in [0.25, 0.3) is 11.2 Å². The van der Waals surface area contributed by atoms with E-state index in [2.05, 4.69) is 15.0 Å². The van der Waals surface area contributed by atoms with Crippen molar-refractivity contribution >= 4 is 29.1 Å². The molecule has 0 saturated carbocycles. The lowest BCUT2D eigenvalue weighted by Crippen LogP contribution is -2.21. The molecule has 124 valence electrons. The van der Waals surface area contributed by atoms with E-state index in [0.29, 0.717) is 0 Å². The highest BCUT2D eigenvalue weighted by Gasteiger charge is 2.14. The van der Waals surface area contributed by atoms with Crippen LogP contribution in [0.2, 0.25) is 0 Å². The van der Waals surface area contributed by atoms with E-state index in [1.165, 1.54) is 6.20 Å². The maximum atomic E-state index is 11.1. The van der Waals surface area contributed by atoms with Crippen molar-refractivity contribution in [3.8, 4) is 0 Å². The Morgan fingerprint density at radius 3 is 2.57 bits per heavy atom. The van der Waals surface area contributed by atoms with Crippen LogP contribution in [0.4, 0.5) is 5.95 Å². The van der Waals surface area contributed by atoms with Crippen molar-refractivity contribution in [1.82, 2.24) is 19.5 Å². The number of carbonyl (C=O) groups is 2. The summed E-state index contributed by atoms with van der Waals surface area (Å²) in [5.41, 5.74) is 5.75. The monoisotopic (exact) mass is 325 g/mol. The lowest BCUT2D eigenvalue weighted by atomic mass is 10.1. The van der Waals surface area contributed by atoms with E-state index in [4.69, 9.17) is 20.7 Å². The number of anilines is 1. The van der Waals surface area contributed by atoms with Crippen LogP contribution in [0.5, 0.6) is 0 Å². The Morgan fingerprint density at radius 2 is 1.96 bits per heavy atom. The number of ether oxygens (including phenoxy) is 2. The third-order valence-corrected chi connectivity index (χ3v) is 2.67. The van der Waals surface area contributed by atoms with Crippen molar-refractivity contribution in [2.24, 2.45) is 5.92 Å². The first kappa shape index (κ1) is 11.8. The predicted molar refractivity (Wildman–Crippen MR) is 81.1 cm³/mol. The SMILES string of the molecule is [2H]C([2H])(C(COC(C)=O)COC(C)=O)C([2H])([2H])n1cnc2cnc(N)nc21. The standard InChI is InChI=1S/C14H19N5O4/c1-9(20)22-6-11(7-23-10(2)21)3-4-19-8-17-12-5-16-14(15)18-13(12)19/h5,8,11H,3-4,6-7H2,1-2H3,(H2,15,16,18)/i3D2,4D2. The van der Waals surface area contributed by atoms with Crippen molar-refractivity contribution in [1.29, 1.82) is 0 Å². The summed E-state index contributed by atoms with van der Waals surface area (Å²) >= 11 is 0. The Labute approximate surface area is 138 Å². The molecule has 0 aliphatic carbocycles. The minimum Gasteiger partial charge on any atom is -0.465 e. The molecule has 0 aromatic carbocycles. The molecule has 0 aliphatic heterocycles. The van der Waals surface area contributed by atoms with Gasteiger partial charge in [-0.15, -0.1) is 0 Å². The number of hydrogen-bond acceptors (Lipinski definition) is 8. The van der Waals surface area contributed by atoms with Gasteiger partial charge >= 0.3 is 11.9 Å². The highest BCUT2D eigenvalue weighted by atomic mass is 16.5. The molecule has 0 saturated heterocycles. The first-order chi connectivity index (χ1) is 12.5. The topological polar surface area (TPSA) is 122 Å². The normalized spacial score (nSPS) is 14.7. The molecular weight excluding hydrogens is 302 g/mol. The van der Waals surface area contributed by atoms with Gasteiger partial charge in [-0.05, 0) is 6.37 Å². The van der Waals surface area contributed by atoms with Gasteiger partial charge in [-0.1, -0.05) is 0 Å². The largest absolute Gasteiger partial charge is 0.465 e. The van der Waals surface area contributed by atoms with Crippen molar-refractivity contribution in [3.63, 3.8) is 0 Å². The number of nitrogens with zero attached hydrogens (tertiary/aromatic N) is 4. The summed E-state index contributed by atoms with van der Waals surface area (Å²) in [5.74, 6) is -2.77. The molecule has 23 heavy (non-hydrogen) atoms. The Kier molecular flexibility index (Phi) is 3.86. The van der Waals surface area contributed by atoms with E-state index in [-0.39, 0.29) is 17.1 Å². The van der Waals surface area contributed by atoms with E-state index in [1.807, 2.05) is 0 Å². The minimum absolute atomic E-state index is 0.00454. The molecule has 0 atom stereocenters. The summed E-state index contributed by atoms with van der Waals surface area (Å²) in [6.07, 6.45) is -0.286. The van der Waals surface area contributed by atoms with Gasteiger partial charge in [-0.25, -0.2) is 9.97 Å². The summed E-state index contributed by atoms with van der Waals surface area (Å²) in [6.45, 7) is -1.41. The number of nitrogens with two attached hydrogens (primary N) is 1. The van der Waals surface area contributed by atoms with Gasteiger partial charge in [0.1, 0.15) is 5.52 Å². The predicted octanol–water partition coefficient (Wildman–Crippen LogP) is 0.541. The summed E-state index contributed by atoms with van der Waals surface area (Å²) in [4.78, 5) is 33.8. The quantitative estimate of drug-likeness (QED) is 0.732. The zero-order valence-electron chi connectivity index (χ0n) is 16.6. The van der Waals surface area contributed by atoms with Gasteiger partial charge in [0.05, 0.1) is 25.7 Å². The van der Waals surface area contributed by atoms with Gasteiger partial charge in [0, 0.05) is 31.7 Å². The van der Waals surface area contributed by atoms with Crippen molar-refractivity contribution < 1.29 is 24.5 Å². The molecule has 2 aromatic rings. The maximum absolute atomic E-state index is 11.1. The number of aromatic nitrogens is 4. The summed E-state index contributed by atoms with van der Waals surface area (Å²) in [7, 11) is 0. The van der Waals surface area contributed by atoms with Crippen molar-refractivity contribution in [2.45, 2.75) is 26.7 Å². The number of rotatable bonds is 7. The van der Waals surface area contributed by atoms with E-state index in [1.54, 1.807) is 0 Å². The number of aryl methyl sites for hydroxylation is 1. The smallest absolute Gasteiger partial charge is 0.302 e. The van der Waals surface area contributed by atoms with E-state index in [9.17, 15) is 9.59 Å².